The number of nitrogens with zero attached hydrogens (tertiary/aromatic N) is 3. The maximum Gasteiger partial charge on any atom is 0.307 e. The van der Waals surface area contributed by atoms with E-state index in [0.29, 0.717) is 10.9 Å². The first-order chi connectivity index (χ1) is 15.5. The molecule has 0 fully saturated rings. The Balaban J connectivity index is 1.92. The number of aliphatic carboxylic acids is 1. The van der Waals surface area contributed by atoms with Crippen molar-refractivity contribution in [1.29, 1.82) is 0 Å². The standard InChI is InChI=1S/C24H30N4O4S/c1-15(2)18-7-6-16(3)23(19(18)13-22(29)30)17-8-10-26-20(12-17)32-14-24(4,5)28-11-9-21(27-28)33(25)31/h6-12,15H,13-14,25H2,1-5H3,(H,29,30). The fraction of sp³-hybridized carbons (Fsp3) is 0.375. The van der Waals surface area contributed by atoms with E-state index in [1.807, 2.05) is 45.0 Å². The molecule has 0 aliphatic carbocycles. The Hall–Kier alpha value is -3.04. The number of ether oxygens (including phenoxy) is 1. The van der Waals surface area contributed by atoms with Crippen LogP contribution in [0.5, 0.6) is 5.88 Å². The average Bonchev–Trinajstić information content (AvgIpc) is 3.24. The number of pyridine rings is 1. The van der Waals surface area contributed by atoms with Crippen LogP contribution in [0.15, 0.2) is 47.8 Å². The first-order valence-corrected chi connectivity index (χ1v) is 11.9. The minimum Gasteiger partial charge on any atom is -0.481 e. The lowest BCUT2D eigenvalue weighted by atomic mass is 9.86. The molecule has 2 aromatic heterocycles. The van der Waals surface area contributed by atoms with E-state index in [2.05, 4.69) is 23.9 Å². The summed E-state index contributed by atoms with van der Waals surface area (Å²) in [6.45, 7) is 10.2. The first kappa shape index (κ1) is 24.6. The van der Waals surface area contributed by atoms with Crippen molar-refractivity contribution in [3.63, 3.8) is 0 Å². The normalized spacial score (nSPS) is 12.7. The molecule has 8 nitrogen and oxygen atoms in total. The van der Waals surface area contributed by atoms with Crippen LogP contribution < -0.4 is 9.88 Å². The SMILES string of the molecule is Cc1ccc(C(C)C)c(CC(=O)O)c1-c1ccnc(OCC(C)(C)n2ccc(S(N)=O)n2)c1. The lowest BCUT2D eigenvalue weighted by Gasteiger charge is -2.25. The van der Waals surface area contributed by atoms with E-state index in [1.54, 1.807) is 23.1 Å². The number of carbonyl (C=O) groups is 1. The molecule has 3 rings (SSSR count). The van der Waals surface area contributed by atoms with E-state index in [-0.39, 0.29) is 18.9 Å². The van der Waals surface area contributed by atoms with Gasteiger partial charge in [0.1, 0.15) is 17.6 Å². The second-order valence-electron chi connectivity index (χ2n) is 8.93. The number of aryl methyl sites for hydroxylation is 1. The van der Waals surface area contributed by atoms with Crippen molar-refractivity contribution in [2.24, 2.45) is 5.14 Å². The summed E-state index contributed by atoms with van der Waals surface area (Å²) in [6, 6.07) is 9.35. The van der Waals surface area contributed by atoms with Crippen molar-refractivity contribution in [3.8, 4) is 17.0 Å². The van der Waals surface area contributed by atoms with Crippen molar-refractivity contribution >= 4 is 17.0 Å². The molecule has 33 heavy (non-hydrogen) atoms. The number of hydrogen-bond acceptors (Lipinski definition) is 5. The molecule has 0 aliphatic rings. The maximum atomic E-state index is 11.6. The molecule has 0 amide bonds. The molecule has 3 N–H and O–H groups in total. The van der Waals surface area contributed by atoms with Crippen LogP contribution in [0.3, 0.4) is 0 Å². The Kier molecular flexibility index (Phi) is 7.34. The van der Waals surface area contributed by atoms with Gasteiger partial charge in [0.2, 0.25) is 5.88 Å². The molecule has 1 atom stereocenters. The molecule has 0 spiro atoms. The molecule has 0 aliphatic heterocycles. The minimum atomic E-state index is -1.65. The van der Waals surface area contributed by atoms with Gasteiger partial charge in [0.05, 0.1) is 12.0 Å². The van der Waals surface area contributed by atoms with Gasteiger partial charge in [-0.3, -0.25) is 9.48 Å². The molecular weight excluding hydrogens is 440 g/mol. The number of hydrogen-bond donors (Lipinski definition) is 2. The Labute approximate surface area is 196 Å². The van der Waals surface area contributed by atoms with E-state index in [9.17, 15) is 14.1 Å². The van der Waals surface area contributed by atoms with Crippen molar-refractivity contribution < 1.29 is 18.8 Å². The van der Waals surface area contributed by atoms with Crippen LogP contribution in [0.4, 0.5) is 0 Å². The lowest BCUT2D eigenvalue weighted by Crippen LogP contribution is -2.34. The van der Waals surface area contributed by atoms with Crippen LogP contribution in [0.1, 0.15) is 50.3 Å². The molecule has 176 valence electrons. The molecule has 0 radical (unpaired) electrons. The highest BCUT2D eigenvalue weighted by Gasteiger charge is 2.24. The summed E-state index contributed by atoms with van der Waals surface area (Å²) in [5.41, 5.74) is 4.04. The Morgan fingerprint density at radius 3 is 2.61 bits per heavy atom. The zero-order valence-electron chi connectivity index (χ0n) is 19.5. The highest BCUT2D eigenvalue weighted by molar-refractivity contribution is 7.82. The van der Waals surface area contributed by atoms with Gasteiger partial charge in [-0.1, -0.05) is 26.0 Å². The second-order valence-corrected chi connectivity index (χ2v) is 9.94. The number of rotatable bonds is 9. The van der Waals surface area contributed by atoms with Gasteiger partial charge in [0.25, 0.3) is 0 Å². The fourth-order valence-corrected chi connectivity index (χ4v) is 4.14. The van der Waals surface area contributed by atoms with E-state index >= 15 is 0 Å². The minimum absolute atomic E-state index is 0.0553. The van der Waals surface area contributed by atoms with Gasteiger partial charge in [-0.05, 0) is 66.6 Å². The summed E-state index contributed by atoms with van der Waals surface area (Å²) >= 11 is 0. The quantitative estimate of drug-likeness (QED) is 0.491. The molecule has 0 saturated heterocycles. The molecule has 1 aromatic carbocycles. The Morgan fingerprint density at radius 1 is 1.27 bits per heavy atom. The largest absolute Gasteiger partial charge is 0.481 e. The van der Waals surface area contributed by atoms with Crippen LogP contribution in [-0.4, -0.2) is 36.7 Å². The van der Waals surface area contributed by atoms with Gasteiger partial charge in [-0.25, -0.2) is 14.3 Å². The molecule has 9 heteroatoms. The maximum absolute atomic E-state index is 11.6. The van der Waals surface area contributed by atoms with Gasteiger partial charge in [-0.15, -0.1) is 0 Å². The summed E-state index contributed by atoms with van der Waals surface area (Å²) in [5.74, 6) is -0.252. The smallest absolute Gasteiger partial charge is 0.307 e. The summed E-state index contributed by atoms with van der Waals surface area (Å²) in [7, 11) is -1.65. The number of aromatic nitrogens is 3. The van der Waals surface area contributed by atoms with E-state index < -0.39 is 22.5 Å². The predicted molar refractivity (Wildman–Crippen MR) is 127 cm³/mol. The fourth-order valence-electron chi connectivity index (χ4n) is 3.78. The number of carboxylic acids is 1. The second kappa shape index (κ2) is 9.84. The Bertz CT molecular complexity index is 1190. The van der Waals surface area contributed by atoms with E-state index in [1.165, 1.54) is 0 Å². The molecule has 3 aromatic rings. The third-order valence-electron chi connectivity index (χ3n) is 5.50. The lowest BCUT2D eigenvalue weighted by molar-refractivity contribution is -0.136. The zero-order chi connectivity index (χ0) is 24.3. The van der Waals surface area contributed by atoms with Crippen molar-refractivity contribution in [3.05, 3.63) is 59.4 Å². The summed E-state index contributed by atoms with van der Waals surface area (Å²) < 4.78 is 19.1. The molecular formula is C24H30N4O4S. The van der Waals surface area contributed by atoms with Crippen LogP contribution >= 0.6 is 0 Å². The van der Waals surface area contributed by atoms with E-state index in [0.717, 1.165) is 27.8 Å². The highest BCUT2D eigenvalue weighted by Crippen LogP contribution is 2.35. The summed E-state index contributed by atoms with van der Waals surface area (Å²) in [6.07, 6.45) is 3.32. The molecule has 0 bridgehead atoms. The van der Waals surface area contributed by atoms with Crippen molar-refractivity contribution in [2.75, 3.05) is 6.61 Å². The van der Waals surface area contributed by atoms with Crippen molar-refractivity contribution in [2.45, 2.75) is 57.5 Å². The highest BCUT2D eigenvalue weighted by atomic mass is 32.2. The molecule has 1 unspecified atom stereocenters. The first-order valence-electron chi connectivity index (χ1n) is 10.7. The van der Waals surface area contributed by atoms with E-state index in [4.69, 9.17) is 9.88 Å². The van der Waals surface area contributed by atoms with Gasteiger partial charge in [0.15, 0.2) is 5.03 Å². The zero-order valence-corrected chi connectivity index (χ0v) is 20.3. The molecule has 0 saturated carbocycles. The van der Waals surface area contributed by atoms with Crippen LogP contribution in [0, 0.1) is 6.92 Å². The summed E-state index contributed by atoms with van der Waals surface area (Å²) in [4.78, 5) is 16.0. The van der Waals surface area contributed by atoms with Crippen molar-refractivity contribution in [1.82, 2.24) is 14.8 Å². The van der Waals surface area contributed by atoms with Gasteiger partial charge in [-0.2, -0.15) is 5.10 Å². The van der Waals surface area contributed by atoms with Gasteiger partial charge in [0, 0.05) is 18.5 Å². The third-order valence-corrected chi connectivity index (χ3v) is 6.13. The average molecular weight is 471 g/mol. The Morgan fingerprint density at radius 2 is 2.00 bits per heavy atom. The topological polar surface area (TPSA) is 120 Å². The van der Waals surface area contributed by atoms with Crippen LogP contribution in [0.2, 0.25) is 0 Å². The number of nitrogens with two attached hydrogens (primary N) is 1. The van der Waals surface area contributed by atoms with Gasteiger partial charge < -0.3 is 9.84 Å². The van der Waals surface area contributed by atoms with Crippen LogP contribution in [0.25, 0.3) is 11.1 Å². The number of carboxylic acid groups (broad SMARTS) is 1. The molecule has 2 heterocycles. The monoisotopic (exact) mass is 470 g/mol. The third kappa shape index (κ3) is 5.66. The predicted octanol–water partition coefficient (Wildman–Crippen LogP) is 3.80. The summed E-state index contributed by atoms with van der Waals surface area (Å²) in [5, 5.41) is 19.5. The van der Waals surface area contributed by atoms with Crippen LogP contribution in [-0.2, 0) is 27.7 Å². The number of benzene rings is 1. The van der Waals surface area contributed by atoms with Gasteiger partial charge >= 0.3 is 5.97 Å².